The molecule has 2 heterocycles. The van der Waals surface area contributed by atoms with Crippen molar-refractivity contribution in [2.24, 2.45) is 11.8 Å². The fraction of sp³-hybridized carbons (Fsp3) is 0.667. The summed E-state index contributed by atoms with van der Waals surface area (Å²) in [6.45, 7) is 2.78. The van der Waals surface area contributed by atoms with E-state index >= 15 is 0 Å². The predicted octanol–water partition coefficient (Wildman–Crippen LogP) is 1.82. The first-order valence-corrected chi connectivity index (χ1v) is 7.18. The van der Waals surface area contributed by atoms with Gasteiger partial charge in [-0.1, -0.05) is 0 Å². The first kappa shape index (κ1) is 14.6. The molecule has 1 aliphatic rings. The van der Waals surface area contributed by atoms with Crippen LogP contribution in [0.2, 0.25) is 0 Å². The van der Waals surface area contributed by atoms with Crippen molar-refractivity contribution in [2.75, 3.05) is 20.1 Å². The molecule has 0 aromatic carbocycles. The normalized spacial score (nSPS) is 19.1. The largest absolute Gasteiger partial charge is 0.335 e. The second-order valence-corrected chi connectivity index (χ2v) is 5.64. The minimum absolute atomic E-state index is 0.0351. The zero-order chi connectivity index (χ0) is 14.4. The fourth-order valence-corrected chi connectivity index (χ4v) is 2.91. The van der Waals surface area contributed by atoms with Crippen LogP contribution in [0.5, 0.6) is 0 Å². The Morgan fingerprint density at radius 2 is 2.40 bits per heavy atom. The van der Waals surface area contributed by atoms with Gasteiger partial charge in [-0.05, 0) is 25.8 Å². The minimum Gasteiger partial charge on any atom is -0.335 e. The average molecular weight is 271 g/mol. The Kier molecular flexibility index (Phi) is 5.15. The predicted molar refractivity (Wildman–Crippen MR) is 75.5 cm³/mol. The number of aryl methyl sites for hydroxylation is 1. The van der Waals surface area contributed by atoms with E-state index in [1.54, 1.807) is 0 Å². The first-order chi connectivity index (χ1) is 9.72. The van der Waals surface area contributed by atoms with Crippen LogP contribution in [-0.2, 0) is 13.0 Å². The molecule has 0 spiro atoms. The quantitative estimate of drug-likeness (QED) is 0.791. The highest BCUT2D eigenvalue weighted by Crippen LogP contribution is 2.20. The van der Waals surface area contributed by atoms with E-state index in [9.17, 15) is 0 Å². The van der Waals surface area contributed by atoms with Gasteiger partial charge in [0.2, 0.25) is 0 Å². The fourth-order valence-electron chi connectivity index (χ4n) is 2.91. The Morgan fingerprint density at radius 1 is 1.55 bits per heavy atom. The minimum atomic E-state index is -0.0351. The van der Waals surface area contributed by atoms with E-state index in [1.807, 2.05) is 12.4 Å². The molecule has 0 saturated heterocycles. The van der Waals surface area contributed by atoms with Crippen molar-refractivity contribution in [3.05, 3.63) is 18.2 Å². The second-order valence-electron chi connectivity index (χ2n) is 5.64. The van der Waals surface area contributed by atoms with E-state index in [1.165, 1.54) is 5.82 Å². The maximum atomic E-state index is 9.11. The van der Waals surface area contributed by atoms with Crippen molar-refractivity contribution >= 4 is 0 Å². The second kappa shape index (κ2) is 7.07. The zero-order valence-electron chi connectivity index (χ0n) is 12.0. The molecule has 1 aromatic heterocycles. The van der Waals surface area contributed by atoms with Gasteiger partial charge in [0, 0.05) is 44.9 Å². The van der Waals surface area contributed by atoms with E-state index in [2.05, 4.69) is 33.6 Å². The molecular weight excluding hydrogens is 250 g/mol. The smallest absolute Gasteiger partial charge is 0.108 e. The summed E-state index contributed by atoms with van der Waals surface area (Å²) in [4.78, 5) is 6.58. The molecule has 0 saturated carbocycles. The van der Waals surface area contributed by atoms with Crippen molar-refractivity contribution in [1.82, 2.24) is 14.5 Å². The maximum Gasteiger partial charge on any atom is 0.108 e. The summed E-state index contributed by atoms with van der Waals surface area (Å²) >= 11 is 0. The third-order valence-electron chi connectivity index (χ3n) is 3.92. The van der Waals surface area contributed by atoms with Crippen molar-refractivity contribution < 1.29 is 0 Å². The molecule has 0 bridgehead atoms. The number of rotatable bonds is 6. The Bertz CT molecular complexity index is 507. The molecule has 2 rings (SSSR count). The molecule has 0 N–H and O–H groups in total. The van der Waals surface area contributed by atoms with Gasteiger partial charge in [-0.15, -0.1) is 0 Å². The summed E-state index contributed by atoms with van der Waals surface area (Å²) in [7, 11) is 2.07. The highest BCUT2D eigenvalue weighted by Gasteiger charge is 2.21. The van der Waals surface area contributed by atoms with Gasteiger partial charge in [-0.2, -0.15) is 10.5 Å². The van der Waals surface area contributed by atoms with Crippen LogP contribution in [0.1, 0.15) is 25.1 Å². The summed E-state index contributed by atoms with van der Waals surface area (Å²) in [5, 5.41) is 17.7. The van der Waals surface area contributed by atoms with Gasteiger partial charge in [0.25, 0.3) is 0 Å². The topological polar surface area (TPSA) is 68.6 Å². The van der Waals surface area contributed by atoms with Gasteiger partial charge in [-0.3, -0.25) is 0 Å². The third-order valence-corrected chi connectivity index (χ3v) is 3.92. The Balaban J connectivity index is 1.79. The van der Waals surface area contributed by atoms with Crippen LogP contribution in [0, 0.1) is 34.5 Å². The molecule has 1 aromatic rings. The number of aromatic nitrogens is 2. The number of hydrogen-bond donors (Lipinski definition) is 0. The van der Waals surface area contributed by atoms with Gasteiger partial charge in [0.1, 0.15) is 5.82 Å². The van der Waals surface area contributed by atoms with Gasteiger partial charge >= 0.3 is 0 Å². The van der Waals surface area contributed by atoms with Gasteiger partial charge in [-0.25, -0.2) is 4.98 Å². The molecule has 2 atom stereocenters. The van der Waals surface area contributed by atoms with E-state index in [0.29, 0.717) is 18.8 Å². The standard InChI is InChI=1S/C15H21N5/c1-19(10-13(9-17)3-2-6-16)11-14-4-5-15-18-7-8-20(15)12-14/h7-8,13-14H,2-5,10-12H2,1H3. The van der Waals surface area contributed by atoms with Crippen LogP contribution in [-0.4, -0.2) is 34.6 Å². The molecule has 5 nitrogen and oxygen atoms in total. The summed E-state index contributed by atoms with van der Waals surface area (Å²) in [6.07, 6.45) is 7.27. The van der Waals surface area contributed by atoms with E-state index < -0.39 is 0 Å². The Hall–Kier alpha value is -1.85. The molecule has 0 amide bonds. The van der Waals surface area contributed by atoms with Crippen LogP contribution in [0.3, 0.4) is 0 Å². The van der Waals surface area contributed by atoms with Crippen LogP contribution in [0.4, 0.5) is 0 Å². The van der Waals surface area contributed by atoms with Crippen LogP contribution in [0.25, 0.3) is 0 Å². The molecule has 0 radical (unpaired) electrons. The lowest BCUT2D eigenvalue weighted by Crippen LogP contribution is -2.34. The lowest BCUT2D eigenvalue weighted by Gasteiger charge is -2.29. The average Bonchev–Trinajstić information content (AvgIpc) is 2.90. The third kappa shape index (κ3) is 3.82. The first-order valence-electron chi connectivity index (χ1n) is 7.18. The summed E-state index contributed by atoms with van der Waals surface area (Å²) in [5.41, 5.74) is 0. The van der Waals surface area contributed by atoms with Crippen molar-refractivity contribution in [3.8, 4) is 12.1 Å². The van der Waals surface area contributed by atoms with Crippen molar-refractivity contribution in [3.63, 3.8) is 0 Å². The van der Waals surface area contributed by atoms with Gasteiger partial charge in [0.05, 0.1) is 18.1 Å². The van der Waals surface area contributed by atoms with E-state index in [-0.39, 0.29) is 5.92 Å². The number of hydrogen-bond acceptors (Lipinski definition) is 4. The highest BCUT2D eigenvalue weighted by molar-refractivity contribution is 4.97. The molecule has 2 unspecified atom stereocenters. The number of nitriles is 2. The number of nitrogens with zero attached hydrogens (tertiary/aromatic N) is 5. The summed E-state index contributed by atoms with van der Waals surface area (Å²) in [5.74, 6) is 1.77. The molecule has 0 aliphatic carbocycles. The maximum absolute atomic E-state index is 9.11. The molecule has 5 heteroatoms. The lowest BCUT2D eigenvalue weighted by atomic mass is 9.98. The SMILES string of the molecule is CN(CC(C#N)CCC#N)CC1CCc2nccn2C1. The Morgan fingerprint density at radius 3 is 3.15 bits per heavy atom. The molecule has 106 valence electrons. The van der Waals surface area contributed by atoms with Crippen LogP contribution >= 0.6 is 0 Å². The lowest BCUT2D eigenvalue weighted by molar-refractivity contribution is 0.218. The highest BCUT2D eigenvalue weighted by atomic mass is 15.1. The molecule has 20 heavy (non-hydrogen) atoms. The van der Waals surface area contributed by atoms with Gasteiger partial charge < -0.3 is 9.47 Å². The number of imidazole rings is 1. The molecular formula is C15H21N5. The van der Waals surface area contributed by atoms with E-state index in [0.717, 1.165) is 32.5 Å². The zero-order valence-corrected chi connectivity index (χ0v) is 12.0. The Labute approximate surface area is 120 Å². The number of fused-ring (bicyclic) bond motifs is 1. The summed E-state index contributed by atoms with van der Waals surface area (Å²) in [6, 6.07) is 4.42. The molecule has 1 aliphatic heterocycles. The summed E-state index contributed by atoms with van der Waals surface area (Å²) < 4.78 is 2.24. The van der Waals surface area contributed by atoms with Gasteiger partial charge in [0.15, 0.2) is 0 Å². The molecule has 0 fully saturated rings. The van der Waals surface area contributed by atoms with Crippen LogP contribution in [0.15, 0.2) is 12.4 Å². The van der Waals surface area contributed by atoms with E-state index in [4.69, 9.17) is 10.5 Å². The van der Waals surface area contributed by atoms with Crippen molar-refractivity contribution in [2.45, 2.75) is 32.2 Å². The van der Waals surface area contributed by atoms with Crippen molar-refractivity contribution in [1.29, 1.82) is 10.5 Å². The van der Waals surface area contributed by atoms with Crippen LogP contribution < -0.4 is 0 Å². The monoisotopic (exact) mass is 271 g/mol.